The van der Waals surface area contributed by atoms with Crippen molar-refractivity contribution in [1.82, 2.24) is 4.98 Å². The van der Waals surface area contributed by atoms with Gasteiger partial charge in [0.2, 0.25) is 0 Å². The molecule has 2 aromatic carbocycles. The number of halogens is 3. The minimum Gasteiger partial charge on any atom is -0.378 e. The number of carbonyl (C=O) groups excluding carboxylic acids is 2. The SMILES string of the molecule is Cc1ccc(NC(=O)c2cccc(C(F)(F)F)c2)cc1C(=O)Nc1ccc(N2CCOCC2)nc1. The van der Waals surface area contributed by atoms with Gasteiger partial charge in [-0.3, -0.25) is 9.59 Å². The Labute approximate surface area is 199 Å². The fraction of sp³-hybridized carbons (Fsp3) is 0.240. The largest absolute Gasteiger partial charge is 0.416 e. The summed E-state index contributed by atoms with van der Waals surface area (Å²) in [6.07, 6.45) is -2.99. The minimum absolute atomic E-state index is 0.141. The van der Waals surface area contributed by atoms with Gasteiger partial charge in [0.25, 0.3) is 11.8 Å². The van der Waals surface area contributed by atoms with Gasteiger partial charge in [0.15, 0.2) is 0 Å². The van der Waals surface area contributed by atoms with Gasteiger partial charge in [0.05, 0.1) is 30.7 Å². The molecule has 3 aromatic rings. The number of nitrogens with one attached hydrogen (secondary N) is 2. The zero-order valence-corrected chi connectivity index (χ0v) is 18.9. The van der Waals surface area contributed by atoms with E-state index < -0.39 is 23.6 Å². The van der Waals surface area contributed by atoms with E-state index in [1.54, 1.807) is 31.3 Å². The Morgan fingerprint density at radius 2 is 1.66 bits per heavy atom. The van der Waals surface area contributed by atoms with Gasteiger partial charge in [-0.2, -0.15) is 13.2 Å². The van der Waals surface area contributed by atoms with E-state index in [9.17, 15) is 22.8 Å². The standard InChI is InChI=1S/C25H23F3N4O3/c1-16-5-6-19(30-23(33)17-3-2-4-18(13-17)25(26,27)28)14-21(16)24(34)31-20-7-8-22(29-15-20)32-9-11-35-12-10-32/h2-8,13-15H,9-12H2,1H3,(H,30,33)(H,31,34). The fourth-order valence-corrected chi connectivity index (χ4v) is 3.62. The van der Waals surface area contributed by atoms with Crippen LogP contribution in [0.5, 0.6) is 0 Å². The van der Waals surface area contributed by atoms with Crippen LogP contribution >= 0.6 is 0 Å². The molecule has 2 amide bonds. The summed E-state index contributed by atoms with van der Waals surface area (Å²) in [7, 11) is 0. The van der Waals surface area contributed by atoms with Crippen LogP contribution in [0.2, 0.25) is 0 Å². The normalized spacial score (nSPS) is 13.9. The first kappa shape index (κ1) is 24.2. The second-order valence-electron chi connectivity index (χ2n) is 8.02. The van der Waals surface area contributed by atoms with Crippen molar-refractivity contribution in [3.63, 3.8) is 0 Å². The number of alkyl halides is 3. The molecule has 10 heteroatoms. The number of morpholine rings is 1. The van der Waals surface area contributed by atoms with Gasteiger partial charge in [-0.25, -0.2) is 4.98 Å². The Morgan fingerprint density at radius 1 is 0.943 bits per heavy atom. The molecule has 0 saturated carbocycles. The third-order valence-electron chi connectivity index (χ3n) is 5.53. The molecule has 0 radical (unpaired) electrons. The minimum atomic E-state index is -4.55. The lowest BCUT2D eigenvalue weighted by Gasteiger charge is -2.27. The van der Waals surface area contributed by atoms with Crippen molar-refractivity contribution in [2.24, 2.45) is 0 Å². The average Bonchev–Trinajstić information content (AvgIpc) is 2.85. The molecule has 0 spiro atoms. The number of benzene rings is 2. The summed E-state index contributed by atoms with van der Waals surface area (Å²) < 4.78 is 44.2. The molecule has 0 aliphatic carbocycles. The van der Waals surface area contributed by atoms with Gasteiger partial charge in [0, 0.05) is 29.9 Å². The van der Waals surface area contributed by atoms with Crippen LogP contribution in [0.25, 0.3) is 0 Å². The summed E-state index contributed by atoms with van der Waals surface area (Å²) in [5, 5.41) is 5.34. The fourth-order valence-electron chi connectivity index (χ4n) is 3.62. The molecule has 0 atom stereocenters. The van der Waals surface area contributed by atoms with Gasteiger partial charge >= 0.3 is 6.18 Å². The number of ether oxygens (including phenoxy) is 1. The molecule has 1 aliphatic rings. The predicted molar refractivity (Wildman–Crippen MR) is 126 cm³/mol. The Kier molecular flexibility index (Phi) is 7.02. The third kappa shape index (κ3) is 5.96. The quantitative estimate of drug-likeness (QED) is 0.546. The molecule has 0 unspecified atom stereocenters. The maximum atomic E-state index is 13.0. The topological polar surface area (TPSA) is 83.6 Å². The van der Waals surface area contributed by atoms with Crippen LogP contribution in [0.4, 0.5) is 30.4 Å². The summed E-state index contributed by atoms with van der Waals surface area (Å²) in [6, 6.07) is 12.4. The lowest BCUT2D eigenvalue weighted by Crippen LogP contribution is -2.36. The van der Waals surface area contributed by atoms with E-state index in [1.807, 2.05) is 6.07 Å². The first-order valence-corrected chi connectivity index (χ1v) is 10.9. The van der Waals surface area contributed by atoms with Crippen LogP contribution < -0.4 is 15.5 Å². The highest BCUT2D eigenvalue weighted by Crippen LogP contribution is 2.29. The number of aryl methyl sites for hydroxylation is 1. The Bertz CT molecular complexity index is 1220. The van der Waals surface area contributed by atoms with Crippen molar-refractivity contribution in [3.8, 4) is 0 Å². The average molecular weight is 484 g/mol. The molecule has 7 nitrogen and oxygen atoms in total. The lowest BCUT2D eigenvalue weighted by molar-refractivity contribution is -0.137. The predicted octanol–water partition coefficient (Wildman–Crippen LogP) is 4.75. The number of rotatable bonds is 5. The summed E-state index contributed by atoms with van der Waals surface area (Å²) in [5.74, 6) is -0.324. The monoisotopic (exact) mass is 484 g/mol. The zero-order valence-electron chi connectivity index (χ0n) is 18.9. The molecule has 35 heavy (non-hydrogen) atoms. The molecular weight excluding hydrogens is 461 g/mol. The van der Waals surface area contributed by atoms with Crippen LogP contribution in [-0.2, 0) is 10.9 Å². The van der Waals surface area contributed by atoms with Crippen molar-refractivity contribution in [2.75, 3.05) is 41.8 Å². The number of aromatic nitrogens is 1. The number of nitrogens with zero attached hydrogens (tertiary/aromatic N) is 2. The van der Waals surface area contributed by atoms with Gasteiger partial charge in [-0.15, -0.1) is 0 Å². The van der Waals surface area contributed by atoms with Crippen molar-refractivity contribution in [3.05, 3.63) is 83.0 Å². The lowest BCUT2D eigenvalue weighted by atomic mass is 10.1. The molecule has 0 bridgehead atoms. The number of hydrogen-bond donors (Lipinski definition) is 2. The van der Waals surface area contributed by atoms with Crippen LogP contribution in [0, 0.1) is 6.92 Å². The van der Waals surface area contributed by atoms with Gasteiger partial charge in [-0.1, -0.05) is 12.1 Å². The van der Waals surface area contributed by atoms with E-state index in [4.69, 9.17) is 4.74 Å². The van der Waals surface area contributed by atoms with Crippen molar-refractivity contribution < 1.29 is 27.5 Å². The molecule has 1 saturated heterocycles. The first-order chi connectivity index (χ1) is 16.7. The molecule has 2 heterocycles. The molecule has 1 fully saturated rings. The molecule has 1 aliphatic heterocycles. The molecule has 2 N–H and O–H groups in total. The van der Waals surface area contributed by atoms with Crippen molar-refractivity contribution in [2.45, 2.75) is 13.1 Å². The van der Waals surface area contributed by atoms with Crippen LogP contribution in [0.3, 0.4) is 0 Å². The van der Waals surface area contributed by atoms with E-state index in [-0.39, 0.29) is 11.3 Å². The van der Waals surface area contributed by atoms with Gasteiger partial charge in [-0.05, 0) is 55.0 Å². The summed E-state index contributed by atoms with van der Waals surface area (Å²) in [4.78, 5) is 31.9. The molecule has 1 aromatic heterocycles. The molecule has 182 valence electrons. The zero-order chi connectivity index (χ0) is 25.0. The highest BCUT2D eigenvalue weighted by molar-refractivity contribution is 6.08. The summed E-state index contributed by atoms with van der Waals surface area (Å²) >= 11 is 0. The van der Waals surface area contributed by atoms with E-state index in [0.29, 0.717) is 30.0 Å². The summed E-state index contributed by atoms with van der Waals surface area (Å²) in [6.45, 7) is 4.51. The number of hydrogen-bond acceptors (Lipinski definition) is 5. The number of amides is 2. The van der Waals surface area contributed by atoms with E-state index in [2.05, 4.69) is 20.5 Å². The van der Waals surface area contributed by atoms with Gasteiger partial charge < -0.3 is 20.3 Å². The number of pyridine rings is 1. The van der Waals surface area contributed by atoms with E-state index in [0.717, 1.165) is 31.0 Å². The second kappa shape index (κ2) is 10.1. The van der Waals surface area contributed by atoms with Crippen molar-refractivity contribution >= 4 is 29.0 Å². The number of anilines is 3. The van der Waals surface area contributed by atoms with E-state index >= 15 is 0 Å². The molecule has 4 rings (SSSR count). The first-order valence-electron chi connectivity index (χ1n) is 10.9. The number of carbonyl (C=O) groups is 2. The summed E-state index contributed by atoms with van der Waals surface area (Å²) in [5.41, 5.74) is 0.704. The Hall–Kier alpha value is -3.92. The van der Waals surface area contributed by atoms with Gasteiger partial charge in [0.1, 0.15) is 5.82 Å². The van der Waals surface area contributed by atoms with Crippen LogP contribution in [0.1, 0.15) is 31.8 Å². The maximum absolute atomic E-state index is 13.0. The third-order valence-corrected chi connectivity index (χ3v) is 5.53. The second-order valence-corrected chi connectivity index (χ2v) is 8.02. The highest BCUT2D eigenvalue weighted by atomic mass is 19.4. The smallest absolute Gasteiger partial charge is 0.378 e. The Balaban J connectivity index is 1.45. The maximum Gasteiger partial charge on any atom is 0.416 e. The van der Waals surface area contributed by atoms with Crippen molar-refractivity contribution in [1.29, 1.82) is 0 Å². The Morgan fingerprint density at radius 3 is 2.34 bits per heavy atom. The van der Waals surface area contributed by atoms with Crippen LogP contribution in [0.15, 0.2) is 60.8 Å². The highest BCUT2D eigenvalue weighted by Gasteiger charge is 2.31. The van der Waals surface area contributed by atoms with Crippen LogP contribution in [-0.4, -0.2) is 43.1 Å². The van der Waals surface area contributed by atoms with E-state index in [1.165, 1.54) is 18.2 Å². The molecular formula is C25H23F3N4O3.